The molecular formula is C24H27NO. The molecule has 3 aromatic rings. The number of carbonyl (C=O) groups excluding carboxylic acids is 1. The van der Waals surface area contributed by atoms with Gasteiger partial charge in [0.15, 0.2) is 0 Å². The minimum absolute atomic E-state index is 0.0576. The number of ketones is 1. The Balaban J connectivity index is 1.82. The molecule has 2 nitrogen and oxygen atoms in total. The third-order valence-corrected chi connectivity index (χ3v) is 4.80. The van der Waals surface area contributed by atoms with Gasteiger partial charge in [0.1, 0.15) is 0 Å². The van der Waals surface area contributed by atoms with Crippen molar-refractivity contribution >= 4 is 11.3 Å². The van der Waals surface area contributed by atoms with Crippen molar-refractivity contribution < 1.29 is 4.79 Å². The Morgan fingerprint density at radius 3 is 2.58 bits per heavy atom. The average Bonchev–Trinajstić information content (AvgIpc) is 3.13. The maximum atomic E-state index is 13.0. The molecule has 3 rings (SSSR count). The number of unbranched alkanes of at least 4 members (excludes halogenated alkanes) is 3. The highest BCUT2D eigenvalue weighted by molar-refractivity contribution is 6.08. The molecule has 0 fully saturated rings. The maximum Gasteiger partial charge on any atom is 0.209 e. The van der Waals surface area contributed by atoms with Gasteiger partial charge in [-0.25, -0.2) is 0 Å². The van der Waals surface area contributed by atoms with Gasteiger partial charge < -0.3 is 4.40 Å². The Kier molecular flexibility index (Phi) is 6.06. The molecule has 0 unspecified atom stereocenters. The number of aromatic nitrogens is 1. The van der Waals surface area contributed by atoms with Crippen LogP contribution in [0.2, 0.25) is 0 Å². The zero-order chi connectivity index (χ0) is 18.4. The fourth-order valence-electron chi connectivity index (χ4n) is 3.40. The summed E-state index contributed by atoms with van der Waals surface area (Å²) in [4.78, 5) is 13.0. The molecule has 2 heterocycles. The first kappa shape index (κ1) is 18.2. The highest BCUT2D eigenvalue weighted by Crippen LogP contribution is 2.20. The Hall–Kier alpha value is -2.61. The van der Waals surface area contributed by atoms with E-state index in [0.717, 1.165) is 29.5 Å². The fourth-order valence-corrected chi connectivity index (χ4v) is 3.40. The van der Waals surface area contributed by atoms with Gasteiger partial charge in [0.05, 0.1) is 5.69 Å². The van der Waals surface area contributed by atoms with E-state index in [1.807, 2.05) is 53.1 Å². The first-order chi connectivity index (χ1) is 12.7. The summed E-state index contributed by atoms with van der Waals surface area (Å²) in [5.74, 6) is 0.0576. The molecule has 0 radical (unpaired) electrons. The zero-order valence-corrected chi connectivity index (χ0v) is 15.6. The van der Waals surface area contributed by atoms with E-state index >= 15 is 0 Å². The van der Waals surface area contributed by atoms with Gasteiger partial charge in [-0.05, 0) is 49.1 Å². The molecule has 26 heavy (non-hydrogen) atoms. The fraction of sp³-hybridized carbons (Fsp3) is 0.292. The topological polar surface area (TPSA) is 21.5 Å². The predicted octanol–water partition coefficient (Wildman–Crippen LogP) is 6.24. The molecule has 0 amide bonds. The van der Waals surface area contributed by atoms with Gasteiger partial charge in [-0.15, -0.1) is 0 Å². The maximum absolute atomic E-state index is 13.0. The van der Waals surface area contributed by atoms with Crippen LogP contribution in [0.25, 0.3) is 5.52 Å². The van der Waals surface area contributed by atoms with Gasteiger partial charge in [0, 0.05) is 17.3 Å². The Morgan fingerprint density at radius 1 is 1.00 bits per heavy atom. The number of pyridine rings is 1. The summed E-state index contributed by atoms with van der Waals surface area (Å²) in [6.45, 7) is 6.49. The van der Waals surface area contributed by atoms with E-state index in [2.05, 4.69) is 25.6 Å². The third-order valence-electron chi connectivity index (χ3n) is 4.80. The minimum atomic E-state index is 0.0576. The van der Waals surface area contributed by atoms with Crippen molar-refractivity contribution in [1.82, 2.24) is 4.40 Å². The van der Waals surface area contributed by atoms with Crippen molar-refractivity contribution in [3.05, 3.63) is 89.8 Å². The predicted molar refractivity (Wildman–Crippen MR) is 109 cm³/mol. The van der Waals surface area contributed by atoms with E-state index in [9.17, 15) is 4.79 Å². The van der Waals surface area contributed by atoms with Gasteiger partial charge in [0.25, 0.3) is 0 Å². The molecule has 1 aromatic carbocycles. The highest BCUT2D eigenvalue weighted by Gasteiger charge is 2.14. The average molecular weight is 345 g/mol. The highest BCUT2D eigenvalue weighted by atomic mass is 16.1. The number of hydrogen-bond acceptors (Lipinski definition) is 1. The summed E-state index contributed by atoms with van der Waals surface area (Å²) >= 11 is 0. The second kappa shape index (κ2) is 8.66. The van der Waals surface area contributed by atoms with Gasteiger partial charge in [-0.3, -0.25) is 4.79 Å². The second-order valence-corrected chi connectivity index (χ2v) is 6.98. The van der Waals surface area contributed by atoms with Crippen LogP contribution in [0.1, 0.15) is 60.6 Å². The Morgan fingerprint density at radius 2 is 1.81 bits per heavy atom. The molecule has 0 saturated heterocycles. The van der Waals surface area contributed by atoms with Gasteiger partial charge in [-0.2, -0.15) is 0 Å². The van der Waals surface area contributed by atoms with Crippen LogP contribution in [0.5, 0.6) is 0 Å². The largest absolute Gasteiger partial charge is 0.314 e. The van der Waals surface area contributed by atoms with Crippen molar-refractivity contribution in [1.29, 1.82) is 0 Å². The lowest BCUT2D eigenvalue weighted by Crippen LogP contribution is -2.08. The van der Waals surface area contributed by atoms with Crippen LogP contribution >= 0.6 is 0 Å². The van der Waals surface area contributed by atoms with E-state index in [1.165, 1.54) is 31.3 Å². The summed E-state index contributed by atoms with van der Waals surface area (Å²) in [7, 11) is 0. The van der Waals surface area contributed by atoms with E-state index in [1.54, 1.807) is 0 Å². The standard InChI is InChI=1S/C24H27NO/c1-3-4-5-7-11-19(2)16-20-17-22-14-10-15-25(22)23(18-20)24(26)21-12-8-6-9-13-21/h6,8-10,12-15,17-18H,2-5,7,11,16H2,1H3. The van der Waals surface area contributed by atoms with Crippen molar-refractivity contribution in [3.63, 3.8) is 0 Å². The molecule has 0 atom stereocenters. The minimum Gasteiger partial charge on any atom is -0.314 e. The molecular weight excluding hydrogens is 318 g/mol. The summed E-state index contributed by atoms with van der Waals surface area (Å²) < 4.78 is 1.98. The van der Waals surface area contributed by atoms with E-state index in [4.69, 9.17) is 0 Å². The van der Waals surface area contributed by atoms with Crippen molar-refractivity contribution in [2.75, 3.05) is 0 Å². The lowest BCUT2D eigenvalue weighted by molar-refractivity contribution is 0.103. The second-order valence-electron chi connectivity index (χ2n) is 6.98. The van der Waals surface area contributed by atoms with Gasteiger partial charge >= 0.3 is 0 Å². The van der Waals surface area contributed by atoms with Crippen LogP contribution in [0.4, 0.5) is 0 Å². The van der Waals surface area contributed by atoms with E-state index in [-0.39, 0.29) is 5.78 Å². The first-order valence-electron chi connectivity index (χ1n) is 9.55. The van der Waals surface area contributed by atoms with Crippen LogP contribution in [-0.4, -0.2) is 10.2 Å². The summed E-state index contributed by atoms with van der Waals surface area (Å²) in [6.07, 6.45) is 8.87. The summed E-state index contributed by atoms with van der Waals surface area (Å²) in [6, 6.07) is 17.7. The molecule has 0 aliphatic carbocycles. The molecule has 0 bridgehead atoms. The quantitative estimate of drug-likeness (QED) is 0.255. The number of hydrogen-bond donors (Lipinski definition) is 0. The lowest BCUT2D eigenvalue weighted by Gasteiger charge is -2.11. The molecule has 0 spiro atoms. The zero-order valence-electron chi connectivity index (χ0n) is 15.6. The lowest BCUT2D eigenvalue weighted by atomic mass is 9.99. The van der Waals surface area contributed by atoms with Crippen LogP contribution in [-0.2, 0) is 6.42 Å². The van der Waals surface area contributed by atoms with Crippen molar-refractivity contribution in [2.45, 2.75) is 45.4 Å². The third kappa shape index (κ3) is 4.32. The molecule has 2 heteroatoms. The smallest absolute Gasteiger partial charge is 0.209 e. The molecule has 0 saturated carbocycles. The van der Waals surface area contributed by atoms with Gasteiger partial charge in [-0.1, -0.05) is 68.7 Å². The van der Waals surface area contributed by atoms with Gasteiger partial charge in [0.2, 0.25) is 5.78 Å². The number of allylic oxidation sites excluding steroid dienone is 1. The molecule has 2 aromatic heterocycles. The molecule has 0 N–H and O–H groups in total. The number of fused-ring (bicyclic) bond motifs is 1. The number of nitrogens with zero attached hydrogens (tertiary/aromatic N) is 1. The number of rotatable bonds is 9. The monoisotopic (exact) mass is 345 g/mol. The summed E-state index contributed by atoms with van der Waals surface area (Å²) in [5, 5.41) is 0. The van der Waals surface area contributed by atoms with E-state index in [0.29, 0.717) is 5.69 Å². The molecule has 0 aliphatic rings. The van der Waals surface area contributed by atoms with Crippen molar-refractivity contribution in [2.24, 2.45) is 0 Å². The van der Waals surface area contributed by atoms with Crippen LogP contribution in [0, 0.1) is 0 Å². The van der Waals surface area contributed by atoms with Crippen molar-refractivity contribution in [3.8, 4) is 0 Å². The number of carbonyl (C=O) groups is 1. The van der Waals surface area contributed by atoms with E-state index < -0.39 is 0 Å². The van der Waals surface area contributed by atoms with Crippen LogP contribution in [0.15, 0.2) is 72.9 Å². The van der Waals surface area contributed by atoms with Crippen LogP contribution in [0.3, 0.4) is 0 Å². The van der Waals surface area contributed by atoms with Crippen LogP contribution < -0.4 is 0 Å². The Bertz CT molecular complexity index is 889. The number of benzene rings is 1. The SMILES string of the molecule is C=C(CCCCCC)Cc1cc(C(=O)c2ccccc2)n2cccc2c1. The molecule has 134 valence electrons. The normalized spacial score (nSPS) is 11.0. The Labute approximate surface area is 156 Å². The molecule has 0 aliphatic heterocycles. The first-order valence-corrected chi connectivity index (χ1v) is 9.55. The summed E-state index contributed by atoms with van der Waals surface area (Å²) in [5.41, 5.74) is 4.90.